The van der Waals surface area contributed by atoms with Gasteiger partial charge < -0.3 is 5.73 Å². The predicted molar refractivity (Wildman–Crippen MR) is 77.9 cm³/mol. The molecule has 1 atom stereocenters. The number of thiazole rings is 1. The number of aryl methyl sites for hydroxylation is 2. The fourth-order valence-electron chi connectivity index (χ4n) is 2.09. The molecule has 102 valence electrons. The zero-order valence-electron chi connectivity index (χ0n) is 11.3. The van der Waals surface area contributed by atoms with Gasteiger partial charge in [-0.3, -0.25) is 0 Å². The van der Waals surface area contributed by atoms with Gasteiger partial charge in [0, 0.05) is 11.3 Å². The molecule has 0 bridgehead atoms. The molecule has 1 heterocycles. The van der Waals surface area contributed by atoms with Crippen LogP contribution in [-0.4, -0.2) is 11.5 Å². The largest absolute Gasteiger partial charge is 0.330 e. The minimum atomic E-state index is -0.146. The van der Waals surface area contributed by atoms with Gasteiger partial charge in [-0.25, -0.2) is 9.37 Å². The van der Waals surface area contributed by atoms with Crippen LogP contribution in [0.2, 0.25) is 0 Å². The molecule has 19 heavy (non-hydrogen) atoms. The highest BCUT2D eigenvalue weighted by atomic mass is 32.1. The lowest BCUT2D eigenvalue weighted by Gasteiger charge is -2.13. The van der Waals surface area contributed by atoms with E-state index in [4.69, 9.17) is 5.73 Å². The van der Waals surface area contributed by atoms with E-state index in [1.54, 1.807) is 17.4 Å². The maximum absolute atomic E-state index is 13.6. The van der Waals surface area contributed by atoms with Gasteiger partial charge in [0.05, 0.1) is 10.7 Å². The molecule has 0 saturated carbocycles. The molecule has 0 saturated heterocycles. The molecule has 0 radical (unpaired) electrons. The lowest BCUT2D eigenvalue weighted by Crippen LogP contribution is -2.19. The van der Waals surface area contributed by atoms with Gasteiger partial charge in [-0.05, 0) is 44.4 Å². The second kappa shape index (κ2) is 6.26. The van der Waals surface area contributed by atoms with Crippen molar-refractivity contribution in [3.63, 3.8) is 0 Å². The van der Waals surface area contributed by atoms with Crippen molar-refractivity contribution < 1.29 is 4.39 Å². The second-order valence-corrected chi connectivity index (χ2v) is 6.14. The molecule has 0 aliphatic carbocycles. The SMILES string of the molecule is Cc1nc(CC(CN)Cc2ccccc2F)sc1C. The third-order valence-corrected chi connectivity index (χ3v) is 4.43. The fraction of sp³-hybridized carbons (Fsp3) is 0.400. The third-order valence-electron chi connectivity index (χ3n) is 3.34. The quantitative estimate of drug-likeness (QED) is 0.911. The van der Waals surface area contributed by atoms with Crippen LogP contribution in [0.3, 0.4) is 0 Å². The first kappa shape index (κ1) is 14.2. The van der Waals surface area contributed by atoms with Crippen LogP contribution in [0.25, 0.3) is 0 Å². The number of benzene rings is 1. The summed E-state index contributed by atoms with van der Waals surface area (Å²) >= 11 is 1.71. The topological polar surface area (TPSA) is 38.9 Å². The average molecular weight is 278 g/mol. The van der Waals surface area contributed by atoms with Crippen LogP contribution in [0.4, 0.5) is 4.39 Å². The molecule has 2 aromatic rings. The highest BCUT2D eigenvalue weighted by Gasteiger charge is 2.14. The van der Waals surface area contributed by atoms with Crippen LogP contribution < -0.4 is 5.73 Å². The number of halogens is 1. The smallest absolute Gasteiger partial charge is 0.126 e. The summed E-state index contributed by atoms with van der Waals surface area (Å²) in [6.45, 7) is 4.64. The molecule has 0 spiro atoms. The van der Waals surface area contributed by atoms with Gasteiger partial charge in [-0.1, -0.05) is 18.2 Å². The van der Waals surface area contributed by atoms with Crippen molar-refractivity contribution in [2.75, 3.05) is 6.54 Å². The standard InChI is InChI=1S/C15H19FN2S/c1-10-11(2)19-15(18-10)8-12(9-17)7-13-5-3-4-6-14(13)16/h3-6,12H,7-9,17H2,1-2H3. The number of rotatable bonds is 5. The minimum Gasteiger partial charge on any atom is -0.330 e. The summed E-state index contributed by atoms with van der Waals surface area (Å²) in [6.07, 6.45) is 1.49. The number of nitrogens with two attached hydrogens (primary N) is 1. The Morgan fingerprint density at radius 3 is 2.58 bits per heavy atom. The van der Waals surface area contributed by atoms with Gasteiger partial charge in [0.15, 0.2) is 0 Å². The molecular formula is C15H19FN2S. The molecule has 2 rings (SSSR count). The van der Waals surface area contributed by atoms with Crippen molar-refractivity contribution in [2.24, 2.45) is 11.7 Å². The molecule has 1 aromatic heterocycles. The first-order chi connectivity index (χ1) is 9.10. The van der Waals surface area contributed by atoms with Gasteiger partial charge in [0.1, 0.15) is 5.82 Å². The maximum Gasteiger partial charge on any atom is 0.126 e. The number of hydrogen-bond acceptors (Lipinski definition) is 3. The van der Waals surface area contributed by atoms with Crippen molar-refractivity contribution in [3.8, 4) is 0 Å². The van der Waals surface area contributed by atoms with E-state index in [2.05, 4.69) is 11.9 Å². The first-order valence-electron chi connectivity index (χ1n) is 6.46. The Labute approximate surface area is 117 Å². The summed E-state index contributed by atoms with van der Waals surface area (Å²) in [5.41, 5.74) is 7.64. The Bertz CT molecular complexity index is 531. The Hall–Kier alpha value is -1.26. The van der Waals surface area contributed by atoms with Gasteiger partial charge in [-0.15, -0.1) is 11.3 Å². The molecule has 0 fully saturated rings. The number of aromatic nitrogens is 1. The zero-order valence-corrected chi connectivity index (χ0v) is 12.1. The zero-order chi connectivity index (χ0) is 13.8. The third kappa shape index (κ3) is 3.61. The van der Waals surface area contributed by atoms with E-state index in [1.807, 2.05) is 19.1 Å². The van der Waals surface area contributed by atoms with Gasteiger partial charge >= 0.3 is 0 Å². The van der Waals surface area contributed by atoms with Crippen molar-refractivity contribution in [2.45, 2.75) is 26.7 Å². The van der Waals surface area contributed by atoms with Gasteiger partial charge in [0.25, 0.3) is 0 Å². The summed E-state index contributed by atoms with van der Waals surface area (Å²) in [7, 11) is 0. The highest BCUT2D eigenvalue weighted by molar-refractivity contribution is 7.11. The number of nitrogens with zero attached hydrogens (tertiary/aromatic N) is 1. The normalized spacial score (nSPS) is 12.6. The highest BCUT2D eigenvalue weighted by Crippen LogP contribution is 2.21. The summed E-state index contributed by atoms with van der Waals surface area (Å²) in [5, 5.41) is 1.10. The second-order valence-electron chi connectivity index (χ2n) is 4.85. The molecule has 1 unspecified atom stereocenters. The lowest BCUT2D eigenvalue weighted by molar-refractivity contribution is 0.510. The molecular weight excluding hydrogens is 259 g/mol. The Balaban J connectivity index is 2.07. The van der Waals surface area contributed by atoms with E-state index < -0.39 is 0 Å². The van der Waals surface area contributed by atoms with Crippen LogP contribution in [-0.2, 0) is 12.8 Å². The van der Waals surface area contributed by atoms with E-state index in [0.29, 0.717) is 13.0 Å². The molecule has 0 aliphatic heterocycles. The van der Waals surface area contributed by atoms with Gasteiger partial charge in [0.2, 0.25) is 0 Å². The van der Waals surface area contributed by atoms with E-state index >= 15 is 0 Å². The van der Waals surface area contributed by atoms with Crippen molar-refractivity contribution in [1.82, 2.24) is 4.98 Å². The van der Waals surface area contributed by atoms with Crippen LogP contribution >= 0.6 is 11.3 Å². The number of hydrogen-bond donors (Lipinski definition) is 1. The molecule has 2 nitrogen and oxygen atoms in total. The van der Waals surface area contributed by atoms with E-state index in [1.165, 1.54) is 10.9 Å². The Morgan fingerprint density at radius 1 is 1.26 bits per heavy atom. The van der Waals surface area contributed by atoms with E-state index in [0.717, 1.165) is 22.7 Å². The summed E-state index contributed by atoms with van der Waals surface area (Å²) < 4.78 is 13.6. The maximum atomic E-state index is 13.6. The van der Waals surface area contributed by atoms with E-state index in [-0.39, 0.29) is 11.7 Å². The lowest BCUT2D eigenvalue weighted by atomic mass is 9.96. The molecule has 4 heteroatoms. The van der Waals surface area contributed by atoms with Crippen molar-refractivity contribution in [1.29, 1.82) is 0 Å². The molecule has 0 aliphatic rings. The van der Waals surface area contributed by atoms with Crippen LogP contribution in [0.5, 0.6) is 0 Å². The monoisotopic (exact) mass is 278 g/mol. The summed E-state index contributed by atoms with van der Waals surface area (Å²) in [4.78, 5) is 5.78. The van der Waals surface area contributed by atoms with E-state index in [9.17, 15) is 4.39 Å². The molecule has 2 N–H and O–H groups in total. The van der Waals surface area contributed by atoms with Crippen LogP contribution in [0.1, 0.15) is 21.1 Å². The first-order valence-corrected chi connectivity index (χ1v) is 7.28. The fourth-order valence-corrected chi connectivity index (χ4v) is 3.14. The molecule has 1 aromatic carbocycles. The predicted octanol–water partition coefficient (Wildman–Crippen LogP) is 3.26. The average Bonchev–Trinajstić information content (AvgIpc) is 2.70. The Kier molecular flexibility index (Phi) is 4.66. The Morgan fingerprint density at radius 2 is 2.00 bits per heavy atom. The minimum absolute atomic E-state index is 0.146. The summed E-state index contributed by atoms with van der Waals surface area (Å²) in [5.74, 6) is 0.0919. The molecule has 0 amide bonds. The van der Waals surface area contributed by atoms with Crippen molar-refractivity contribution >= 4 is 11.3 Å². The summed E-state index contributed by atoms with van der Waals surface area (Å²) in [6, 6.07) is 6.91. The van der Waals surface area contributed by atoms with Gasteiger partial charge in [-0.2, -0.15) is 0 Å². The van der Waals surface area contributed by atoms with Crippen LogP contribution in [0.15, 0.2) is 24.3 Å². The van der Waals surface area contributed by atoms with Crippen LogP contribution in [0, 0.1) is 25.6 Å². The van der Waals surface area contributed by atoms with Crippen molar-refractivity contribution in [3.05, 3.63) is 51.2 Å².